The minimum atomic E-state index is -0.840. The van der Waals surface area contributed by atoms with Crippen molar-refractivity contribution in [3.05, 3.63) is 83.0 Å². The fourth-order valence-corrected chi connectivity index (χ4v) is 3.70. The van der Waals surface area contributed by atoms with E-state index in [4.69, 9.17) is 4.52 Å². The van der Waals surface area contributed by atoms with E-state index in [1.807, 2.05) is 12.1 Å². The normalized spacial score (nSPS) is 17.1. The van der Waals surface area contributed by atoms with Crippen molar-refractivity contribution >= 4 is 5.91 Å². The van der Waals surface area contributed by atoms with Crippen LogP contribution in [0.25, 0.3) is 0 Å². The highest BCUT2D eigenvalue weighted by atomic mass is 19.2. The van der Waals surface area contributed by atoms with Crippen LogP contribution in [0, 0.1) is 11.6 Å². The standard InChI is InChI=1S/C22H22F2N4O2/c23-18-4-3-16(10-19(18)24)13-28-9-1-2-17(14-28)20-11-21(30-27-20)22(29)26-12-15-5-7-25-8-6-15/h3-8,10-11,17H,1-2,9,12-14H2,(H,26,29)/t17-/m0/s1. The second-order valence-corrected chi connectivity index (χ2v) is 7.48. The van der Waals surface area contributed by atoms with Gasteiger partial charge in [-0.1, -0.05) is 11.2 Å². The van der Waals surface area contributed by atoms with E-state index in [1.165, 1.54) is 6.07 Å². The van der Waals surface area contributed by atoms with Gasteiger partial charge in [0.1, 0.15) is 0 Å². The summed E-state index contributed by atoms with van der Waals surface area (Å²) in [5.41, 5.74) is 2.41. The molecule has 0 radical (unpaired) electrons. The number of hydrogen-bond donors (Lipinski definition) is 1. The highest BCUT2D eigenvalue weighted by Gasteiger charge is 2.25. The molecule has 1 aliphatic rings. The third-order valence-electron chi connectivity index (χ3n) is 5.27. The average Bonchev–Trinajstić information content (AvgIpc) is 3.26. The van der Waals surface area contributed by atoms with Gasteiger partial charge in [0.05, 0.1) is 5.69 Å². The molecule has 1 amide bonds. The number of carbonyl (C=O) groups is 1. The smallest absolute Gasteiger partial charge is 0.290 e. The molecule has 1 saturated heterocycles. The number of nitrogens with zero attached hydrogens (tertiary/aromatic N) is 3. The van der Waals surface area contributed by atoms with Gasteiger partial charge in [0.15, 0.2) is 11.6 Å². The number of piperidine rings is 1. The Morgan fingerprint density at radius 2 is 1.97 bits per heavy atom. The van der Waals surface area contributed by atoms with Crippen LogP contribution in [0.5, 0.6) is 0 Å². The molecule has 0 spiro atoms. The van der Waals surface area contributed by atoms with Crippen LogP contribution in [0.3, 0.4) is 0 Å². The number of halogens is 2. The van der Waals surface area contributed by atoms with E-state index < -0.39 is 11.6 Å². The summed E-state index contributed by atoms with van der Waals surface area (Å²) in [7, 11) is 0. The van der Waals surface area contributed by atoms with E-state index in [1.54, 1.807) is 24.5 Å². The van der Waals surface area contributed by atoms with Gasteiger partial charge in [0, 0.05) is 44.0 Å². The van der Waals surface area contributed by atoms with Crippen molar-refractivity contribution in [3.63, 3.8) is 0 Å². The Morgan fingerprint density at radius 1 is 1.13 bits per heavy atom. The number of likely N-dealkylation sites (tertiary alicyclic amines) is 1. The van der Waals surface area contributed by atoms with Gasteiger partial charge in [-0.05, 0) is 54.8 Å². The minimum absolute atomic E-state index is 0.120. The van der Waals surface area contributed by atoms with E-state index in [0.29, 0.717) is 19.6 Å². The summed E-state index contributed by atoms with van der Waals surface area (Å²) in [6.07, 6.45) is 5.22. The Kier molecular flexibility index (Phi) is 6.13. The summed E-state index contributed by atoms with van der Waals surface area (Å²) in [5, 5.41) is 6.91. The molecule has 6 nitrogen and oxygen atoms in total. The quantitative estimate of drug-likeness (QED) is 0.669. The molecule has 156 valence electrons. The number of pyridine rings is 1. The predicted molar refractivity (Wildman–Crippen MR) is 106 cm³/mol. The molecule has 1 fully saturated rings. The second kappa shape index (κ2) is 9.13. The SMILES string of the molecule is O=C(NCc1ccncc1)c1cc([C@H]2CCCN(Cc3ccc(F)c(F)c3)C2)no1. The van der Waals surface area contributed by atoms with Gasteiger partial charge < -0.3 is 9.84 Å². The van der Waals surface area contributed by atoms with Gasteiger partial charge in [-0.25, -0.2) is 8.78 Å². The number of carbonyl (C=O) groups excluding carboxylic acids is 1. The van der Waals surface area contributed by atoms with Crippen molar-refractivity contribution in [1.29, 1.82) is 0 Å². The predicted octanol–water partition coefficient (Wildman–Crippen LogP) is 3.66. The largest absolute Gasteiger partial charge is 0.351 e. The van der Waals surface area contributed by atoms with Crippen LogP contribution in [0.15, 0.2) is 53.3 Å². The molecule has 30 heavy (non-hydrogen) atoms. The molecule has 8 heteroatoms. The van der Waals surface area contributed by atoms with Crippen molar-refractivity contribution in [2.24, 2.45) is 0 Å². The van der Waals surface area contributed by atoms with Crippen LogP contribution >= 0.6 is 0 Å². The lowest BCUT2D eigenvalue weighted by Crippen LogP contribution is -2.34. The van der Waals surface area contributed by atoms with Gasteiger partial charge in [-0.15, -0.1) is 0 Å². The highest BCUT2D eigenvalue weighted by Crippen LogP contribution is 2.27. The Bertz CT molecular complexity index is 1010. The molecule has 1 N–H and O–H groups in total. The van der Waals surface area contributed by atoms with Crippen molar-refractivity contribution in [1.82, 2.24) is 20.4 Å². The first kappa shape index (κ1) is 20.2. The zero-order valence-corrected chi connectivity index (χ0v) is 16.4. The number of amides is 1. The lowest BCUT2D eigenvalue weighted by atomic mass is 9.94. The summed E-state index contributed by atoms with van der Waals surface area (Å²) < 4.78 is 31.9. The van der Waals surface area contributed by atoms with Crippen LogP contribution < -0.4 is 5.32 Å². The second-order valence-electron chi connectivity index (χ2n) is 7.48. The first-order chi connectivity index (χ1) is 14.6. The van der Waals surface area contributed by atoms with Crippen molar-refractivity contribution in [2.75, 3.05) is 13.1 Å². The Morgan fingerprint density at radius 3 is 2.77 bits per heavy atom. The summed E-state index contributed by atoms with van der Waals surface area (Å²) in [6, 6.07) is 9.34. The molecule has 1 aromatic carbocycles. The number of rotatable bonds is 6. The van der Waals surface area contributed by atoms with Gasteiger partial charge in [0.25, 0.3) is 5.91 Å². The monoisotopic (exact) mass is 412 g/mol. The molecular weight excluding hydrogens is 390 g/mol. The summed E-state index contributed by atoms with van der Waals surface area (Å²) in [5.74, 6) is -1.70. The zero-order valence-electron chi connectivity index (χ0n) is 16.4. The Balaban J connectivity index is 1.35. The maximum absolute atomic E-state index is 13.5. The fourth-order valence-electron chi connectivity index (χ4n) is 3.70. The third-order valence-corrected chi connectivity index (χ3v) is 5.27. The average molecular weight is 412 g/mol. The van der Waals surface area contributed by atoms with Crippen LogP contribution in [0.2, 0.25) is 0 Å². The fraction of sp³-hybridized carbons (Fsp3) is 0.318. The summed E-state index contributed by atoms with van der Waals surface area (Å²) in [6.45, 7) is 2.49. The van der Waals surface area contributed by atoms with E-state index in [9.17, 15) is 13.6 Å². The number of benzene rings is 1. The summed E-state index contributed by atoms with van der Waals surface area (Å²) >= 11 is 0. The van der Waals surface area contributed by atoms with Crippen LogP contribution in [0.4, 0.5) is 8.78 Å². The molecule has 0 unspecified atom stereocenters. The van der Waals surface area contributed by atoms with Gasteiger partial charge in [-0.3, -0.25) is 14.7 Å². The molecule has 3 aromatic rings. The van der Waals surface area contributed by atoms with Gasteiger partial charge in [-0.2, -0.15) is 0 Å². The molecule has 1 aliphatic heterocycles. The molecule has 1 atom stereocenters. The molecular formula is C22H22F2N4O2. The molecule has 2 aromatic heterocycles. The third kappa shape index (κ3) is 4.88. The molecule has 0 bridgehead atoms. The molecule has 0 aliphatic carbocycles. The molecule has 0 saturated carbocycles. The van der Waals surface area contributed by atoms with Crippen LogP contribution in [-0.2, 0) is 13.1 Å². The van der Waals surface area contributed by atoms with Crippen LogP contribution in [0.1, 0.15) is 46.1 Å². The maximum atomic E-state index is 13.5. The van der Waals surface area contributed by atoms with E-state index in [-0.39, 0.29) is 17.6 Å². The van der Waals surface area contributed by atoms with Crippen molar-refractivity contribution in [3.8, 4) is 0 Å². The molecule has 3 heterocycles. The lowest BCUT2D eigenvalue weighted by Gasteiger charge is -2.31. The first-order valence-corrected chi connectivity index (χ1v) is 9.88. The topological polar surface area (TPSA) is 71.3 Å². The lowest BCUT2D eigenvalue weighted by molar-refractivity contribution is 0.0913. The van der Waals surface area contributed by atoms with E-state index >= 15 is 0 Å². The van der Waals surface area contributed by atoms with Crippen LogP contribution in [-0.4, -0.2) is 34.0 Å². The molecule has 4 rings (SSSR count). The number of nitrogens with one attached hydrogen (secondary N) is 1. The van der Waals surface area contributed by atoms with Crippen molar-refractivity contribution < 1.29 is 18.1 Å². The Hall–Kier alpha value is -3.13. The van der Waals surface area contributed by atoms with Gasteiger partial charge >= 0.3 is 0 Å². The summed E-state index contributed by atoms with van der Waals surface area (Å²) in [4.78, 5) is 18.5. The first-order valence-electron chi connectivity index (χ1n) is 9.88. The van der Waals surface area contributed by atoms with Crippen molar-refractivity contribution in [2.45, 2.75) is 31.8 Å². The van der Waals surface area contributed by atoms with Gasteiger partial charge in [0.2, 0.25) is 5.76 Å². The van der Waals surface area contributed by atoms with E-state index in [0.717, 1.165) is 42.3 Å². The van der Waals surface area contributed by atoms with E-state index in [2.05, 4.69) is 20.4 Å². The maximum Gasteiger partial charge on any atom is 0.290 e. The number of hydrogen-bond acceptors (Lipinski definition) is 5. The highest BCUT2D eigenvalue weighted by molar-refractivity contribution is 5.91. The Labute approximate surface area is 172 Å². The zero-order chi connectivity index (χ0) is 20.9. The minimum Gasteiger partial charge on any atom is -0.351 e. The number of aromatic nitrogens is 2.